The van der Waals surface area contributed by atoms with Crippen LogP contribution in [-0.4, -0.2) is 35.9 Å². The first-order valence-electron chi connectivity index (χ1n) is 8.47. The van der Waals surface area contributed by atoms with Crippen molar-refractivity contribution in [2.75, 3.05) is 13.2 Å². The van der Waals surface area contributed by atoms with Crippen molar-refractivity contribution < 1.29 is 14.3 Å². The number of fused-ring (bicyclic) bond motifs is 1. The van der Waals surface area contributed by atoms with Gasteiger partial charge in [-0.3, -0.25) is 9.59 Å². The van der Waals surface area contributed by atoms with Gasteiger partial charge in [0.2, 0.25) is 5.91 Å². The van der Waals surface area contributed by atoms with Crippen molar-refractivity contribution in [1.82, 2.24) is 4.90 Å². The summed E-state index contributed by atoms with van der Waals surface area (Å²) >= 11 is 0. The van der Waals surface area contributed by atoms with Crippen LogP contribution in [-0.2, 0) is 4.79 Å². The van der Waals surface area contributed by atoms with Crippen molar-refractivity contribution in [2.45, 2.75) is 44.6 Å². The number of piperidine rings is 1. The minimum Gasteiger partial charge on any atom is -0.484 e. The fourth-order valence-electron chi connectivity index (χ4n) is 3.88. The molecule has 23 heavy (non-hydrogen) atoms. The molecule has 1 aromatic rings. The van der Waals surface area contributed by atoms with Gasteiger partial charge in [0.25, 0.3) is 5.91 Å². The first kappa shape index (κ1) is 15.8. The number of carbonyl (C=O) groups excluding carboxylic acids is 2. The molecule has 5 heteroatoms. The summed E-state index contributed by atoms with van der Waals surface area (Å²) in [5.41, 5.74) is 5.64. The maximum absolute atomic E-state index is 12.5. The molecule has 0 unspecified atom stereocenters. The summed E-state index contributed by atoms with van der Waals surface area (Å²) in [4.78, 5) is 25.6. The lowest BCUT2D eigenvalue weighted by Crippen LogP contribution is -2.51. The zero-order valence-corrected chi connectivity index (χ0v) is 13.4. The highest BCUT2D eigenvalue weighted by atomic mass is 16.5. The largest absolute Gasteiger partial charge is 0.484 e. The van der Waals surface area contributed by atoms with Crippen molar-refractivity contribution in [3.8, 4) is 5.75 Å². The standard InChI is InChI=1S/C18H24N2O3/c19-18(22)14-7-9-15(10-8-14)23-12-17(21)20-11-3-5-13-4-1-2-6-16(13)20/h7-10,13,16H,1-6,11-12H2,(H2,19,22)/t13-,16+/m1/s1. The minimum absolute atomic E-state index is 0.0547. The van der Waals surface area contributed by atoms with Gasteiger partial charge in [-0.1, -0.05) is 12.8 Å². The number of benzene rings is 1. The quantitative estimate of drug-likeness (QED) is 0.926. The van der Waals surface area contributed by atoms with Gasteiger partial charge in [0.15, 0.2) is 6.61 Å². The predicted molar refractivity (Wildman–Crippen MR) is 87.1 cm³/mol. The fraction of sp³-hybridized carbons (Fsp3) is 0.556. The third-order valence-corrected chi connectivity index (χ3v) is 5.06. The second-order valence-electron chi connectivity index (χ2n) is 6.52. The Morgan fingerprint density at radius 3 is 2.52 bits per heavy atom. The lowest BCUT2D eigenvalue weighted by Gasteiger charge is -2.44. The Morgan fingerprint density at radius 1 is 1.09 bits per heavy atom. The molecule has 2 fully saturated rings. The van der Waals surface area contributed by atoms with Gasteiger partial charge in [0.05, 0.1) is 0 Å². The molecule has 5 nitrogen and oxygen atoms in total. The maximum Gasteiger partial charge on any atom is 0.260 e. The number of nitrogens with zero attached hydrogens (tertiary/aromatic N) is 1. The molecule has 2 N–H and O–H groups in total. The first-order valence-corrected chi connectivity index (χ1v) is 8.47. The van der Waals surface area contributed by atoms with Crippen LogP contribution in [0.1, 0.15) is 48.9 Å². The molecule has 2 atom stereocenters. The molecule has 1 aromatic carbocycles. The molecular weight excluding hydrogens is 292 g/mol. The summed E-state index contributed by atoms with van der Waals surface area (Å²) in [7, 11) is 0. The molecule has 0 aromatic heterocycles. The average Bonchev–Trinajstić information content (AvgIpc) is 2.59. The normalized spacial score (nSPS) is 23.9. The topological polar surface area (TPSA) is 72.6 Å². The molecule has 1 aliphatic heterocycles. The molecule has 2 amide bonds. The van der Waals surface area contributed by atoms with Gasteiger partial charge in [0.1, 0.15) is 5.75 Å². The summed E-state index contributed by atoms with van der Waals surface area (Å²) in [6.45, 7) is 0.906. The average molecular weight is 316 g/mol. The number of hydrogen-bond donors (Lipinski definition) is 1. The van der Waals surface area contributed by atoms with Crippen molar-refractivity contribution in [3.05, 3.63) is 29.8 Å². The van der Waals surface area contributed by atoms with Crippen LogP contribution in [0.5, 0.6) is 5.75 Å². The molecule has 1 aliphatic carbocycles. The molecular formula is C18H24N2O3. The molecule has 0 radical (unpaired) electrons. The van der Waals surface area contributed by atoms with Gasteiger partial charge in [-0.2, -0.15) is 0 Å². The predicted octanol–water partition coefficient (Wildman–Crippen LogP) is 2.35. The van der Waals surface area contributed by atoms with Gasteiger partial charge in [-0.25, -0.2) is 0 Å². The summed E-state index contributed by atoms with van der Waals surface area (Å²) in [5, 5.41) is 0. The third-order valence-electron chi connectivity index (χ3n) is 5.06. The zero-order chi connectivity index (χ0) is 16.2. The second-order valence-corrected chi connectivity index (χ2v) is 6.52. The highest BCUT2D eigenvalue weighted by molar-refractivity contribution is 5.92. The molecule has 3 rings (SSSR count). The Hall–Kier alpha value is -2.04. The van der Waals surface area contributed by atoms with E-state index in [0.29, 0.717) is 23.3 Å². The number of ether oxygens (including phenoxy) is 1. The van der Waals surface area contributed by atoms with Crippen LogP contribution in [0.15, 0.2) is 24.3 Å². The van der Waals surface area contributed by atoms with Crippen molar-refractivity contribution in [1.29, 1.82) is 0 Å². The monoisotopic (exact) mass is 316 g/mol. The second kappa shape index (κ2) is 7.02. The van der Waals surface area contributed by atoms with Crippen molar-refractivity contribution in [2.24, 2.45) is 11.7 Å². The van der Waals surface area contributed by atoms with Crippen LogP contribution in [0.2, 0.25) is 0 Å². The highest BCUT2D eigenvalue weighted by Crippen LogP contribution is 2.35. The van der Waals surface area contributed by atoms with E-state index in [9.17, 15) is 9.59 Å². The third kappa shape index (κ3) is 3.66. The SMILES string of the molecule is NC(=O)c1ccc(OCC(=O)N2CCC[C@H]3CCCC[C@@H]32)cc1. The fourth-order valence-corrected chi connectivity index (χ4v) is 3.88. The Bertz CT molecular complexity index is 568. The number of likely N-dealkylation sites (tertiary alicyclic amines) is 1. The summed E-state index contributed by atoms with van der Waals surface area (Å²) in [6, 6.07) is 6.98. The minimum atomic E-state index is -0.468. The number of amides is 2. The summed E-state index contributed by atoms with van der Waals surface area (Å²) < 4.78 is 5.59. The Morgan fingerprint density at radius 2 is 1.78 bits per heavy atom. The van der Waals surface area contributed by atoms with Crippen LogP contribution in [0.3, 0.4) is 0 Å². The van der Waals surface area contributed by atoms with E-state index in [1.54, 1.807) is 24.3 Å². The number of carbonyl (C=O) groups is 2. The molecule has 2 aliphatic rings. The highest BCUT2D eigenvalue weighted by Gasteiger charge is 2.35. The van der Waals surface area contributed by atoms with E-state index in [1.165, 1.54) is 25.7 Å². The van der Waals surface area contributed by atoms with Gasteiger partial charge in [-0.15, -0.1) is 0 Å². The molecule has 1 saturated heterocycles. The van der Waals surface area contributed by atoms with E-state index < -0.39 is 5.91 Å². The lowest BCUT2D eigenvalue weighted by atomic mass is 9.78. The van der Waals surface area contributed by atoms with Crippen LogP contribution in [0, 0.1) is 5.92 Å². The van der Waals surface area contributed by atoms with E-state index in [1.807, 2.05) is 4.90 Å². The summed E-state index contributed by atoms with van der Waals surface area (Å²) in [5.74, 6) is 0.863. The van der Waals surface area contributed by atoms with Gasteiger partial charge in [-0.05, 0) is 55.9 Å². The van der Waals surface area contributed by atoms with E-state index in [-0.39, 0.29) is 12.5 Å². The zero-order valence-electron chi connectivity index (χ0n) is 13.4. The number of hydrogen-bond acceptors (Lipinski definition) is 3. The van der Waals surface area contributed by atoms with Crippen LogP contribution in [0.4, 0.5) is 0 Å². The number of rotatable bonds is 4. The summed E-state index contributed by atoms with van der Waals surface area (Å²) in [6.07, 6.45) is 7.25. The molecule has 0 bridgehead atoms. The Labute approximate surface area is 136 Å². The molecule has 124 valence electrons. The van der Waals surface area contributed by atoms with Crippen LogP contribution >= 0.6 is 0 Å². The van der Waals surface area contributed by atoms with Crippen LogP contribution in [0.25, 0.3) is 0 Å². The van der Waals surface area contributed by atoms with E-state index >= 15 is 0 Å². The number of nitrogens with two attached hydrogens (primary N) is 1. The molecule has 1 saturated carbocycles. The lowest BCUT2D eigenvalue weighted by molar-refractivity contribution is -0.139. The maximum atomic E-state index is 12.5. The van der Waals surface area contributed by atoms with E-state index in [4.69, 9.17) is 10.5 Å². The number of primary amides is 1. The molecule has 1 heterocycles. The smallest absolute Gasteiger partial charge is 0.260 e. The van der Waals surface area contributed by atoms with Gasteiger partial charge < -0.3 is 15.4 Å². The van der Waals surface area contributed by atoms with Crippen molar-refractivity contribution >= 4 is 11.8 Å². The van der Waals surface area contributed by atoms with E-state index in [0.717, 1.165) is 19.4 Å². The van der Waals surface area contributed by atoms with E-state index in [2.05, 4.69) is 0 Å². The van der Waals surface area contributed by atoms with Gasteiger partial charge in [0, 0.05) is 18.2 Å². The van der Waals surface area contributed by atoms with Gasteiger partial charge >= 0.3 is 0 Å². The van der Waals surface area contributed by atoms with Crippen molar-refractivity contribution in [3.63, 3.8) is 0 Å². The Kier molecular flexibility index (Phi) is 4.84. The van der Waals surface area contributed by atoms with Crippen LogP contribution < -0.4 is 10.5 Å². The first-order chi connectivity index (χ1) is 11.1. The Balaban J connectivity index is 1.57. The molecule has 0 spiro atoms.